The lowest BCUT2D eigenvalue weighted by molar-refractivity contribution is -0.146. The second kappa shape index (κ2) is 12.9. The van der Waals surface area contributed by atoms with Gasteiger partial charge in [0.15, 0.2) is 0 Å². The molecule has 0 saturated carbocycles. The summed E-state index contributed by atoms with van der Waals surface area (Å²) in [6.45, 7) is 2.22. The Bertz CT molecular complexity index is 478. The molecule has 2 rings (SSSR count). The maximum absolute atomic E-state index is 11.9. The van der Waals surface area contributed by atoms with Crippen LogP contribution in [0.2, 0.25) is 0 Å². The molecule has 0 amide bonds. The van der Waals surface area contributed by atoms with Gasteiger partial charge in [-0.2, -0.15) is 0 Å². The standard InChI is InChI=1S/C23H36O3/c1-2-3-17-21-22(26-21)18-13-10-9-12-16-20-15-11-7-5-4-6-8-14-19-23(24)25-20/h7,9-12,16,20-22H,2-6,8,13-15,17-19H2,1H3/b10-9?,11-7-,16-12?. The van der Waals surface area contributed by atoms with Crippen LogP contribution in [-0.2, 0) is 14.3 Å². The Morgan fingerprint density at radius 3 is 2.81 bits per heavy atom. The van der Waals surface area contributed by atoms with Gasteiger partial charge in [0.1, 0.15) is 6.10 Å². The number of esters is 1. The molecule has 3 heteroatoms. The molecular formula is C23H36O3. The highest BCUT2D eigenvalue weighted by Gasteiger charge is 2.36. The van der Waals surface area contributed by atoms with Gasteiger partial charge in [-0.15, -0.1) is 0 Å². The molecule has 0 radical (unpaired) electrons. The van der Waals surface area contributed by atoms with Gasteiger partial charge < -0.3 is 9.47 Å². The van der Waals surface area contributed by atoms with E-state index in [1.807, 2.05) is 12.2 Å². The van der Waals surface area contributed by atoms with Crippen molar-refractivity contribution < 1.29 is 14.3 Å². The van der Waals surface area contributed by atoms with Gasteiger partial charge >= 0.3 is 5.97 Å². The number of ether oxygens (including phenoxy) is 2. The summed E-state index contributed by atoms with van der Waals surface area (Å²) in [5, 5.41) is 0. The van der Waals surface area contributed by atoms with Gasteiger partial charge in [0.25, 0.3) is 0 Å². The molecule has 3 unspecified atom stereocenters. The highest BCUT2D eigenvalue weighted by Crippen LogP contribution is 2.30. The van der Waals surface area contributed by atoms with E-state index in [-0.39, 0.29) is 12.1 Å². The highest BCUT2D eigenvalue weighted by molar-refractivity contribution is 5.69. The molecular weight excluding hydrogens is 324 g/mol. The molecule has 2 aliphatic rings. The van der Waals surface area contributed by atoms with Crippen molar-refractivity contribution in [3.63, 3.8) is 0 Å². The average Bonchev–Trinajstić information content (AvgIpc) is 3.38. The first kappa shape index (κ1) is 21.0. The molecule has 1 saturated heterocycles. The zero-order chi connectivity index (χ0) is 18.5. The maximum atomic E-state index is 11.9. The number of hydrogen-bond donors (Lipinski definition) is 0. The number of rotatable bonds is 8. The van der Waals surface area contributed by atoms with E-state index >= 15 is 0 Å². The molecule has 146 valence electrons. The third-order valence-electron chi connectivity index (χ3n) is 5.04. The first-order chi connectivity index (χ1) is 12.8. The second-order valence-electron chi connectivity index (χ2n) is 7.43. The van der Waals surface area contributed by atoms with E-state index in [0.29, 0.717) is 18.6 Å². The van der Waals surface area contributed by atoms with E-state index in [2.05, 4.69) is 31.2 Å². The van der Waals surface area contributed by atoms with E-state index in [0.717, 1.165) is 38.5 Å². The molecule has 0 aliphatic carbocycles. The Morgan fingerprint density at radius 1 is 1.08 bits per heavy atom. The quantitative estimate of drug-likeness (QED) is 0.229. The minimum atomic E-state index is -0.145. The van der Waals surface area contributed by atoms with E-state index in [1.165, 1.54) is 32.1 Å². The molecule has 0 N–H and O–H groups in total. The van der Waals surface area contributed by atoms with E-state index in [1.54, 1.807) is 0 Å². The van der Waals surface area contributed by atoms with Crippen molar-refractivity contribution in [1.82, 2.24) is 0 Å². The average molecular weight is 361 g/mol. The van der Waals surface area contributed by atoms with Crippen LogP contribution in [0.5, 0.6) is 0 Å². The van der Waals surface area contributed by atoms with Crippen molar-refractivity contribution in [1.29, 1.82) is 0 Å². The Morgan fingerprint density at radius 2 is 1.92 bits per heavy atom. The number of allylic oxidation sites excluding steroid dienone is 4. The fourth-order valence-corrected chi connectivity index (χ4v) is 3.34. The Labute approximate surface area is 159 Å². The van der Waals surface area contributed by atoms with Crippen LogP contribution in [0.4, 0.5) is 0 Å². The first-order valence-corrected chi connectivity index (χ1v) is 10.6. The molecule has 0 bridgehead atoms. The second-order valence-corrected chi connectivity index (χ2v) is 7.43. The van der Waals surface area contributed by atoms with Crippen molar-refractivity contribution in [3.8, 4) is 0 Å². The summed E-state index contributed by atoms with van der Waals surface area (Å²) in [5.41, 5.74) is 0. The van der Waals surface area contributed by atoms with Gasteiger partial charge in [0.2, 0.25) is 0 Å². The fourth-order valence-electron chi connectivity index (χ4n) is 3.34. The number of unbranched alkanes of at least 4 members (excludes halogenated alkanes) is 1. The molecule has 2 heterocycles. The highest BCUT2D eigenvalue weighted by atomic mass is 16.6. The predicted octanol–water partition coefficient (Wildman–Crippen LogP) is 6.05. The van der Waals surface area contributed by atoms with E-state index in [9.17, 15) is 4.79 Å². The summed E-state index contributed by atoms with van der Waals surface area (Å²) < 4.78 is 11.3. The third-order valence-corrected chi connectivity index (χ3v) is 5.04. The molecule has 3 atom stereocenters. The molecule has 2 aliphatic heterocycles. The van der Waals surface area contributed by atoms with Crippen LogP contribution in [-0.4, -0.2) is 24.3 Å². The third kappa shape index (κ3) is 9.38. The van der Waals surface area contributed by atoms with Gasteiger partial charge in [0.05, 0.1) is 12.2 Å². The summed E-state index contributed by atoms with van der Waals surface area (Å²) in [6.07, 6.45) is 26.3. The zero-order valence-electron chi connectivity index (χ0n) is 16.4. The summed E-state index contributed by atoms with van der Waals surface area (Å²) in [5.74, 6) is -0.0680. The van der Waals surface area contributed by atoms with Gasteiger partial charge in [-0.05, 0) is 44.6 Å². The molecule has 1 fully saturated rings. The van der Waals surface area contributed by atoms with Crippen LogP contribution >= 0.6 is 0 Å². The summed E-state index contributed by atoms with van der Waals surface area (Å²) in [7, 11) is 0. The van der Waals surface area contributed by atoms with Crippen molar-refractivity contribution >= 4 is 5.97 Å². The SMILES string of the molecule is CCCCC1OC1CCC=CC=CC1C/C=C\CCCCCCC(=O)O1. The molecule has 26 heavy (non-hydrogen) atoms. The Balaban J connectivity index is 1.67. The van der Waals surface area contributed by atoms with Crippen molar-refractivity contribution in [2.75, 3.05) is 0 Å². The number of epoxide rings is 1. The molecule has 3 nitrogen and oxygen atoms in total. The van der Waals surface area contributed by atoms with Crippen LogP contribution in [0, 0.1) is 0 Å². The summed E-state index contributed by atoms with van der Waals surface area (Å²) in [4.78, 5) is 11.9. The zero-order valence-corrected chi connectivity index (χ0v) is 16.4. The smallest absolute Gasteiger partial charge is 0.306 e. The maximum Gasteiger partial charge on any atom is 0.306 e. The van der Waals surface area contributed by atoms with Crippen LogP contribution in [0.1, 0.15) is 84.0 Å². The van der Waals surface area contributed by atoms with Crippen LogP contribution in [0.15, 0.2) is 36.5 Å². The number of hydrogen-bond acceptors (Lipinski definition) is 3. The van der Waals surface area contributed by atoms with Gasteiger partial charge in [-0.1, -0.05) is 63.0 Å². The lowest BCUT2D eigenvalue weighted by Crippen LogP contribution is -2.15. The summed E-state index contributed by atoms with van der Waals surface area (Å²) >= 11 is 0. The van der Waals surface area contributed by atoms with Crippen LogP contribution in [0.3, 0.4) is 0 Å². The fraction of sp³-hybridized carbons (Fsp3) is 0.696. The monoisotopic (exact) mass is 360 g/mol. The van der Waals surface area contributed by atoms with Crippen LogP contribution < -0.4 is 0 Å². The molecule has 0 aromatic heterocycles. The van der Waals surface area contributed by atoms with Crippen molar-refractivity contribution in [2.45, 2.75) is 102 Å². The minimum Gasteiger partial charge on any atom is -0.458 e. The topological polar surface area (TPSA) is 38.8 Å². The lowest BCUT2D eigenvalue weighted by Gasteiger charge is -2.13. The Hall–Kier alpha value is -1.35. The normalized spacial score (nSPS) is 29.3. The number of carbonyl (C=O) groups is 1. The first-order valence-electron chi connectivity index (χ1n) is 10.6. The number of carbonyl (C=O) groups excluding carboxylic acids is 1. The molecule has 0 aromatic carbocycles. The van der Waals surface area contributed by atoms with Crippen molar-refractivity contribution in [3.05, 3.63) is 36.5 Å². The van der Waals surface area contributed by atoms with Gasteiger partial charge in [-0.3, -0.25) is 4.79 Å². The number of cyclic esters (lactones) is 1. The largest absolute Gasteiger partial charge is 0.458 e. The van der Waals surface area contributed by atoms with E-state index in [4.69, 9.17) is 9.47 Å². The van der Waals surface area contributed by atoms with E-state index < -0.39 is 0 Å². The minimum absolute atomic E-state index is 0.0680. The predicted molar refractivity (Wildman–Crippen MR) is 107 cm³/mol. The lowest BCUT2D eigenvalue weighted by atomic mass is 10.1. The van der Waals surface area contributed by atoms with Crippen molar-refractivity contribution in [2.24, 2.45) is 0 Å². The Kier molecular flexibility index (Phi) is 10.4. The molecule has 0 aromatic rings. The van der Waals surface area contributed by atoms with Crippen LogP contribution in [0.25, 0.3) is 0 Å². The summed E-state index contributed by atoms with van der Waals surface area (Å²) in [6, 6.07) is 0. The molecule has 0 spiro atoms. The van der Waals surface area contributed by atoms with Gasteiger partial charge in [0, 0.05) is 12.8 Å². The van der Waals surface area contributed by atoms with Gasteiger partial charge in [-0.25, -0.2) is 0 Å².